The van der Waals surface area contributed by atoms with E-state index in [1.54, 1.807) is 0 Å². The predicted molar refractivity (Wildman–Crippen MR) is 72.9 cm³/mol. The molecule has 0 aromatic heterocycles. The van der Waals surface area contributed by atoms with E-state index in [-0.39, 0.29) is 5.91 Å². The van der Waals surface area contributed by atoms with Crippen LogP contribution in [0.3, 0.4) is 0 Å². The Morgan fingerprint density at radius 1 is 1.33 bits per heavy atom. The molecular formula is C14H17ClN2O. The van der Waals surface area contributed by atoms with Crippen LogP contribution in [-0.2, 0) is 11.2 Å². The fourth-order valence-corrected chi connectivity index (χ4v) is 3.36. The van der Waals surface area contributed by atoms with Crippen molar-refractivity contribution in [1.82, 2.24) is 0 Å². The molecule has 2 N–H and O–H groups in total. The Morgan fingerprint density at radius 2 is 2.06 bits per heavy atom. The van der Waals surface area contributed by atoms with Gasteiger partial charge in [0.05, 0.1) is 5.54 Å². The van der Waals surface area contributed by atoms with E-state index in [9.17, 15) is 4.79 Å². The minimum Gasteiger partial charge on any atom is -0.317 e. The van der Waals surface area contributed by atoms with E-state index in [2.05, 4.69) is 0 Å². The lowest BCUT2D eigenvalue weighted by Gasteiger charge is -2.29. The predicted octanol–water partition coefficient (Wildman–Crippen LogP) is 2.50. The third kappa shape index (κ3) is 1.73. The zero-order valence-electron chi connectivity index (χ0n) is 10.3. The molecule has 3 nitrogen and oxygen atoms in total. The first-order valence-electron chi connectivity index (χ1n) is 6.50. The number of halogens is 1. The maximum Gasteiger partial charge on any atom is 0.247 e. The summed E-state index contributed by atoms with van der Waals surface area (Å²) in [6.07, 6.45) is 4.55. The van der Waals surface area contributed by atoms with E-state index >= 15 is 0 Å². The Balaban J connectivity index is 1.93. The lowest BCUT2D eigenvalue weighted by atomic mass is 9.97. The Hall–Kier alpha value is -1.06. The van der Waals surface area contributed by atoms with Crippen LogP contribution in [0.15, 0.2) is 18.2 Å². The number of nitrogens with zero attached hydrogens (tertiary/aromatic N) is 1. The van der Waals surface area contributed by atoms with Crippen molar-refractivity contribution in [3.8, 4) is 0 Å². The van der Waals surface area contributed by atoms with Crippen molar-refractivity contribution in [2.24, 2.45) is 5.73 Å². The highest BCUT2D eigenvalue weighted by Crippen LogP contribution is 2.37. The number of hydrogen-bond donors (Lipinski definition) is 1. The standard InChI is InChI=1S/C14H17ClN2O/c15-11-4-3-5-12-10(11)6-9-17(12)13(18)14(16)7-1-2-8-14/h3-5H,1-2,6-9,16H2. The first-order valence-corrected chi connectivity index (χ1v) is 6.88. The van der Waals surface area contributed by atoms with Gasteiger partial charge in [-0.05, 0) is 37.0 Å². The fraction of sp³-hybridized carbons (Fsp3) is 0.500. The van der Waals surface area contributed by atoms with Gasteiger partial charge in [-0.15, -0.1) is 0 Å². The van der Waals surface area contributed by atoms with Crippen LogP contribution in [0.25, 0.3) is 0 Å². The first-order chi connectivity index (χ1) is 8.62. The van der Waals surface area contributed by atoms with Crippen LogP contribution in [0.2, 0.25) is 5.02 Å². The molecule has 1 aliphatic carbocycles. The number of fused-ring (bicyclic) bond motifs is 1. The fourth-order valence-electron chi connectivity index (χ4n) is 3.09. The van der Waals surface area contributed by atoms with Crippen LogP contribution in [0, 0.1) is 0 Å². The molecule has 0 bridgehead atoms. The van der Waals surface area contributed by atoms with Gasteiger partial charge in [0.15, 0.2) is 0 Å². The molecule has 0 saturated heterocycles. The molecule has 96 valence electrons. The number of rotatable bonds is 1. The van der Waals surface area contributed by atoms with E-state index in [1.807, 2.05) is 23.1 Å². The van der Waals surface area contributed by atoms with Crippen molar-refractivity contribution in [1.29, 1.82) is 0 Å². The summed E-state index contributed by atoms with van der Waals surface area (Å²) in [4.78, 5) is 14.4. The zero-order valence-corrected chi connectivity index (χ0v) is 11.0. The van der Waals surface area contributed by atoms with E-state index in [1.165, 1.54) is 0 Å². The molecule has 0 spiro atoms. The van der Waals surface area contributed by atoms with Crippen LogP contribution in [-0.4, -0.2) is 18.0 Å². The van der Waals surface area contributed by atoms with Crippen molar-refractivity contribution in [3.05, 3.63) is 28.8 Å². The smallest absolute Gasteiger partial charge is 0.247 e. The van der Waals surface area contributed by atoms with Crippen LogP contribution in [0.5, 0.6) is 0 Å². The highest BCUT2D eigenvalue weighted by atomic mass is 35.5. The molecule has 1 fully saturated rings. The van der Waals surface area contributed by atoms with Gasteiger partial charge < -0.3 is 10.6 Å². The van der Waals surface area contributed by atoms with E-state index in [0.717, 1.165) is 48.4 Å². The average Bonchev–Trinajstić information content (AvgIpc) is 2.96. The minimum absolute atomic E-state index is 0.0704. The lowest BCUT2D eigenvalue weighted by molar-refractivity contribution is -0.123. The number of amides is 1. The van der Waals surface area contributed by atoms with Gasteiger partial charge in [0.25, 0.3) is 0 Å². The summed E-state index contributed by atoms with van der Waals surface area (Å²) < 4.78 is 0. The van der Waals surface area contributed by atoms with Gasteiger partial charge in [-0.1, -0.05) is 30.5 Å². The topological polar surface area (TPSA) is 46.3 Å². The molecule has 1 heterocycles. The number of anilines is 1. The molecule has 18 heavy (non-hydrogen) atoms. The van der Waals surface area contributed by atoms with Gasteiger partial charge in [0.1, 0.15) is 0 Å². The normalized spacial score (nSPS) is 21.1. The Morgan fingerprint density at radius 3 is 2.78 bits per heavy atom. The Kier molecular flexibility index (Phi) is 2.83. The summed E-state index contributed by atoms with van der Waals surface area (Å²) in [7, 11) is 0. The lowest BCUT2D eigenvalue weighted by Crippen LogP contribution is -2.53. The summed E-state index contributed by atoms with van der Waals surface area (Å²) in [5.74, 6) is 0.0704. The third-order valence-corrected chi connectivity index (χ3v) is 4.49. The highest BCUT2D eigenvalue weighted by molar-refractivity contribution is 6.32. The maximum absolute atomic E-state index is 12.6. The number of carbonyl (C=O) groups is 1. The van der Waals surface area contributed by atoms with Crippen molar-refractivity contribution < 1.29 is 4.79 Å². The summed E-state index contributed by atoms with van der Waals surface area (Å²) in [6, 6.07) is 5.73. The molecule has 4 heteroatoms. The second kappa shape index (κ2) is 4.25. The Labute approximate surface area is 112 Å². The van der Waals surface area contributed by atoms with E-state index in [0.29, 0.717) is 6.54 Å². The quantitative estimate of drug-likeness (QED) is 0.847. The summed E-state index contributed by atoms with van der Waals surface area (Å²) in [5, 5.41) is 0.750. The van der Waals surface area contributed by atoms with E-state index < -0.39 is 5.54 Å². The van der Waals surface area contributed by atoms with Crippen LogP contribution in [0.4, 0.5) is 5.69 Å². The van der Waals surface area contributed by atoms with Crippen molar-refractivity contribution >= 4 is 23.2 Å². The van der Waals surface area contributed by atoms with Crippen LogP contribution >= 0.6 is 11.6 Å². The van der Waals surface area contributed by atoms with Crippen LogP contribution < -0.4 is 10.6 Å². The van der Waals surface area contributed by atoms with Crippen molar-refractivity contribution in [3.63, 3.8) is 0 Å². The monoisotopic (exact) mass is 264 g/mol. The van der Waals surface area contributed by atoms with Crippen LogP contribution in [0.1, 0.15) is 31.2 Å². The molecule has 2 aliphatic rings. The van der Waals surface area contributed by atoms with Gasteiger partial charge in [0.2, 0.25) is 5.91 Å². The van der Waals surface area contributed by atoms with Crippen molar-refractivity contribution in [2.45, 2.75) is 37.6 Å². The number of benzene rings is 1. The number of carbonyl (C=O) groups excluding carboxylic acids is 1. The van der Waals surface area contributed by atoms with Crippen molar-refractivity contribution in [2.75, 3.05) is 11.4 Å². The molecule has 1 aromatic rings. The molecule has 0 atom stereocenters. The molecule has 0 unspecified atom stereocenters. The molecule has 1 amide bonds. The van der Waals surface area contributed by atoms with Gasteiger partial charge >= 0.3 is 0 Å². The zero-order chi connectivity index (χ0) is 12.8. The second-order valence-corrected chi connectivity index (χ2v) is 5.71. The molecule has 1 aromatic carbocycles. The largest absolute Gasteiger partial charge is 0.317 e. The Bertz CT molecular complexity index is 495. The first kappa shape index (κ1) is 12.0. The van der Waals surface area contributed by atoms with Gasteiger partial charge in [0, 0.05) is 17.3 Å². The number of hydrogen-bond acceptors (Lipinski definition) is 2. The molecular weight excluding hydrogens is 248 g/mol. The molecule has 1 aliphatic heterocycles. The van der Waals surface area contributed by atoms with Gasteiger partial charge in [-0.3, -0.25) is 4.79 Å². The highest BCUT2D eigenvalue weighted by Gasteiger charge is 2.42. The van der Waals surface area contributed by atoms with E-state index in [4.69, 9.17) is 17.3 Å². The summed E-state index contributed by atoms with van der Waals surface area (Å²) in [6.45, 7) is 0.705. The summed E-state index contributed by atoms with van der Waals surface area (Å²) in [5.41, 5.74) is 7.63. The van der Waals surface area contributed by atoms with Gasteiger partial charge in [-0.25, -0.2) is 0 Å². The minimum atomic E-state index is -0.649. The molecule has 1 saturated carbocycles. The SMILES string of the molecule is NC1(C(=O)N2CCc3c(Cl)cccc32)CCCC1. The molecule has 0 radical (unpaired) electrons. The number of nitrogens with two attached hydrogens (primary N) is 1. The third-order valence-electron chi connectivity index (χ3n) is 4.14. The summed E-state index contributed by atoms with van der Waals surface area (Å²) >= 11 is 6.16. The van der Waals surface area contributed by atoms with Gasteiger partial charge in [-0.2, -0.15) is 0 Å². The molecule has 3 rings (SSSR count). The average molecular weight is 265 g/mol. The second-order valence-electron chi connectivity index (χ2n) is 5.31. The maximum atomic E-state index is 12.6.